The Bertz CT molecular complexity index is 1240. The van der Waals surface area contributed by atoms with Crippen molar-refractivity contribution < 1.29 is 17.7 Å². The molecule has 4 fully saturated rings. The summed E-state index contributed by atoms with van der Waals surface area (Å²) in [5, 5.41) is 10.8. The van der Waals surface area contributed by atoms with Gasteiger partial charge in [0.1, 0.15) is 5.76 Å². The van der Waals surface area contributed by atoms with Crippen molar-refractivity contribution in [2.45, 2.75) is 101 Å². The molecular weight excluding hydrogens is 502 g/mol. The first kappa shape index (κ1) is 26.0. The van der Waals surface area contributed by atoms with Gasteiger partial charge in [0.05, 0.1) is 0 Å². The van der Waals surface area contributed by atoms with Gasteiger partial charge in [-0.2, -0.15) is 17.0 Å². The fraction of sp³-hybridized carbons (Fsp3) is 0.643. The van der Waals surface area contributed by atoms with Crippen molar-refractivity contribution in [1.82, 2.24) is 24.4 Å². The Morgan fingerprint density at radius 3 is 2.26 bits per heavy atom. The molecule has 4 aliphatic rings. The topological polar surface area (TPSA) is 108 Å². The summed E-state index contributed by atoms with van der Waals surface area (Å²) in [6.45, 7) is 5.41. The summed E-state index contributed by atoms with van der Waals surface area (Å²) >= 11 is 0. The molecule has 3 saturated heterocycles. The minimum Gasteiger partial charge on any atom is -0.360 e. The highest BCUT2D eigenvalue weighted by molar-refractivity contribution is 7.86. The highest BCUT2D eigenvalue weighted by atomic mass is 32.2. The van der Waals surface area contributed by atoms with E-state index in [0.29, 0.717) is 37.5 Å². The van der Waals surface area contributed by atoms with E-state index < -0.39 is 10.2 Å². The average molecular weight is 542 g/mol. The Balaban J connectivity index is 1.04. The van der Waals surface area contributed by atoms with Crippen LogP contribution >= 0.6 is 0 Å². The van der Waals surface area contributed by atoms with Crippen LogP contribution in [0.5, 0.6) is 0 Å². The lowest BCUT2D eigenvalue weighted by molar-refractivity contribution is 0.0897. The molecule has 2 bridgehead atoms. The molecule has 10 heteroatoms. The van der Waals surface area contributed by atoms with Crippen LogP contribution < -0.4 is 10.6 Å². The van der Waals surface area contributed by atoms with Gasteiger partial charge in [-0.05, 0) is 70.8 Å². The third kappa shape index (κ3) is 5.15. The number of nitrogens with one attached hydrogen (secondary N) is 2. The molecule has 4 heterocycles. The van der Waals surface area contributed by atoms with E-state index in [9.17, 15) is 13.2 Å². The Morgan fingerprint density at radius 1 is 0.974 bits per heavy atom. The number of piperidine rings is 2. The van der Waals surface area contributed by atoms with E-state index in [2.05, 4.69) is 53.9 Å². The average Bonchev–Trinajstić information content (AvgIpc) is 3.55. The quantitative estimate of drug-likeness (QED) is 0.530. The molecule has 38 heavy (non-hydrogen) atoms. The number of hydrogen-bond acceptors (Lipinski definition) is 6. The Hall–Kier alpha value is -2.27. The zero-order valence-corrected chi connectivity index (χ0v) is 23.1. The highest BCUT2D eigenvalue weighted by Gasteiger charge is 2.49. The number of carbonyl (C=O) groups is 1. The Morgan fingerprint density at radius 2 is 1.63 bits per heavy atom. The predicted molar refractivity (Wildman–Crippen MR) is 144 cm³/mol. The van der Waals surface area contributed by atoms with Gasteiger partial charge in [-0.1, -0.05) is 35.5 Å². The number of hydrogen-bond donors (Lipinski definition) is 2. The summed E-state index contributed by atoms with van der Waals surface area (Å²) in [6.07, 6.45) is 6.72. The summed E-state index contributed by atoms with van der Waals surface area (Å²) in [5.41, 5.74) is 1.37. The number of fused-ring (bicyclic) bond motifs is 2. The van der Waals surface area contributed by atoms with Crippen LogP contribution in [0, 0.1) is 0 Å². The molecule has 3 aliphatic heterocycles. The molecule has 3 atom stereocenters. The molecule has 2 aromatic rings. The van der Waals surface area contributed by atoms with Gasteiger partial charge in [0.15, 0.2) is 5.69 Å². The number of carbonyl (C=O) groups excluding carboxylic acids is 1. The van der Waals surface area contributed by atoms with Gasteiger partial charge in [0.2, 0.25) is 0 Å². The van der Waals surface area contributed by atoms with Crippen LogP contribution in [0.3, 0.4) is 0 Å². The summed E-state index contributed by atoms with van der Waals surface area (Å²) in [7, 11) is -3.54. The van der Waals surface area contributed by atoms with Crippen LogP contribution in [-0.2, 0) is 15.7 Å². The van der Waals surface area contributed by atoms with Crippen molar-refractivity contribution >= 4 is 16.1 Å². The lowest BCUT2D eigenvalue weighted by atomic mass is 9.92. The number of benzene rings is 1. The van der Waals surface area contributed by atoms with Crippen LogP contribution in [0.4, 0.5) is 0 Å². The maximum absolute atomic E-state index is 13.8. The normalized spacial score (nSPS) is 27.5. The first-order valence-corrected chi connectivity index (χ1v) is 15.5. The van der Waals surface area contributed by atoms with Gasteiger partial charge in [-0.15, -0.1) is 0 Å². The van der Waals surface area contributed by atoms with Gasteiger partial charge < -0.3 is 15.2 Å². The molecule has 1 saturated carbocycles. The van der Waals surface area contributed by atoms with E-state index in [-0.39, 0.29) is 35.6 Å². The first-order valence-electron chi connectivity index (χ1n) is 14.1. The first-order chi connectivity index (χ1) is 18.2. The maximum Gasteiger partial charge on any atom is 0.282 e. The van der Waals surface area contributed by atoms with Gasteiger partial charge >= 0.3 is 0 Å². The second kappa shape index (κ2) is 10.0. The third-order valence-electron chi connectivity index (χ3n) is 8.85. The summed E-state index contributed by atoms with van der Waals surface area (Å²) in [5.74, 6) is 0.970. The van der Waals surface area contributed by atoms with E-state index in [0.717, 1.165) is 44.3 Å². The molecular formula is C28H39N5O4S. The SMILES string of the molecule is CC(C)(NC1CCN(S(=O)(=O)N2[C@@H]3CC[C@H]2C[C@@H](NC(=O)c2cc(C4CC4)on2)C3)CC1)c1ccccc1. The third-order valence-corrected chi connectivity index (χ3v) is 11.0. The lowest BCUT2D eigenvalue weighted by Crippen LogP contribution is -2.58. The number of rotatable bonds is 8. The molecule has 1 aromatic heterocycles. The van der Waals surface area contributed by atoms with Crippen LogP contribution in [0.25, 0.3) is 0 Å². The minimum atomic E-state index is -3.54. The smallest absolute Gasteiger partial charge is 0.282 e. The molecule has 0 radical (unpaired) electrons. The van der Waals surface area contributed by atoms with Crippen LogP contribution in [-0.4, -0.2) is 65.3 Å². The van der Waals surface area contributed by atoms with E-state index in [1.54, 1.807) is 14.7 Å². The molecule has 9 nitrogen and oxygen atoms in total. The molecule has 1 amide bonds. The summed E-state index contributed by atoms with van der Waals surface area (Å²) < 4.78 is 36.3. The molecule has 206 valence electrons. The van der Waals surface area contributed by atoms with Gasteiger partial charge in [-0.3, -0.25) is 4.79 Å². The Kier molecular flexibility index (Phi) is 6.86. The van der Waals surface area contributed by atoms with Crippen molar-refractivity contribution in [3.05, 3.63) is 53.4 Å². The van der Waals surface area contributed by atoms with Crippen molar-refractivity contribution in [1.29, 1.82) is 0 Å². The number of amides is 1. The second-order valence-electron chi connectivity index (χ2n) is 12.1. The van der Waals surface area contributed by atoms with E-state index in [1.807, 2.05) is 6.07 Å². The van der Waals surface area contributed by atoms with Crippen LogP contribution in [0.1, 0.15) is 92.9 Å². The molecule has 0 unspecified atom stereocenters. The predicted octanol–water partition coefficient (Wildman–Crippen LogP) is 3.51. The van der Waals surface area contributed by atoms with Gasteiger partial charge in [-0.25, -0.2) is 0 Å². The largest absolute Gasteiger partial charge is 0.360 e. The van der Waals surface area contributed by atoms with E-state index >= 15 is 0 Å². The van der Waals surface area contributed by atoms with Gasteiger partial charge in [0, 0.05) is 54.8 Å². The number of nitrogens with zero attached hydrogens (tertiary/aromatic N) is 3. The minimum absolute atomic E-state index is 0.0531. The van der Waals surface area contributed by atoms with E-state index in [4.69, 9.17) is 4.52 Å². The van der Waals surface area contributed by atoms with E-state index in [1.165, 1.54) is 5.56 Å². The fourth-order valence-corrected chi connectivity index (χ4v) is 8.73. The molecule has 1 aromatic carbocycles. The van der Waals surface area contributed by atoms with Gasteiger partial charge in [0.25, 0.3) is 16.1 Å². The molecule has 1 aliphatic carbocycles. The second-order valence-corrected chi connectivity index (χ2v) is 13.9. The van der Waals surface area contributed by atoms with Crippen LogP contribution in [0.15, 0.2) is 40.9 Å². The summed E-state index contributed by atoms with van der Waals surface area (Å²) in [6, 6.07) is 12.2. The fourth-order valence-electron chi connectivity index (χ4n) is 6.66. The zero-order chi connectivity index (χ0) is 26.5. The zero-order valence-electron chi connectivity index (χ0n) is 22.3. The molecule has 0 spiro atoms. The molecule has 6 rings (SSSR count). The number of aromatic nitrogens is 1. The molecule has 2 N–H and O–H groups in total. The van der Waals surface area contributed by atoms with Crippen molar-refractivity contribution in [2.24, 2.45) is 0 Å². The van der Waals surface area contributed by atoms with Crippen LogP contribution in [0.2, 0.25) is 0 Å². The van der Waals surface area contributed by atoms with Crippen molar-refractivity contribution in [3.8, 4) is 0 Å². The Labute approximate surface area is 225 Å². The monoisotopic (exact) mass is 541 g/mol. The van der Waals surface area contributed by atoms with Crippen molar-refractivity contribution in [2.75, 3.05) is 13.1 Å². The van der Waals surface area contributed by atoms with Crippen molar-refractivity contribution in [3.63, 3.8) is 0 Å². The summed E-state index contributed by atoms with van der Waals surface area (Å²) in [4.78, 5) is 12.8. The highest BCUT2D eigenvalue weighted by Crippen LogP contribution is 2.41. The standard InChI is InChI=1S/C28H39N5O4S/c1-28(2,20-6-4-3-5-7-20)30-21-12-14-32(15-13-21)38(35,36)33-23-10-11-24(33)17-22(16-23)29-27(34)25-18-26(37-31-25)19-8-9-19/h3-7,18-19,21-24,30H,8-17H2,1-2H3,(H,29,34)/t22-,23+,24-. The maximum atomic E-state index is 13.8. The lowest BCUT2D eigenvalue weighted by Gasteiger charge is -2.43.